The van der Waals surface area contributed by atoms with Crippen molar-refractivity contribution in [2.75, 3.05) is 13.7 Å². The van der Waals surface area contributed by atoms with Gasteiger partial charge in [-0.1, -0.05) is 24.9 Å². The molecule has 0 amide bonds. The van der Waals surface area contributed by atoms with Gasteiger partial charge in [-0.15, -0.1) is 0 Å². The molecular formula is C20H22ClFN2O4. The van der Waals surface area contributed by atoms with Crippen LogP contribution in [0, 0.1) is 12.7 Å². The smallest absolute Gasteiger partial charge is 0.331 e. The molecule has 8 heteroatoms. The van der Waals surface area contributed by atoms with E-state index in [1.54, 1.807) is 11.6 Å². The SMILES string of the molecule is CCCCn1nc(C)c(/C=C/C(=O)OCC(=O)c2ccc(OC)c(F)c2)c1Cl. The van der Waals surface area contributed by atoms with Crippen LogP contribution in [0.25, 0.3) is 6.08 Å². The summed E-state index contributed by atoms with van der Waals surface area (Å²) in [6.45, 7) is 4.06. The van der Waals surface area contributed by atoms with E-state index in [0.29, 0.717) is 23.0 Å². The number of halogens is 2. The van der Waals surface area contributed by atoms with Gasteiger partial charge in [0, 0.05) is 23.7 Å². The summed E-state index contributed by atoms with van der Waals surface area (Å²) < 4.78 is 25.1. The van der Waals surface area contributed by atoms with Crippen LogP contribution in [0.5, 0.6) is 5.75 Å². The number of carbonyl (C=O) groups excluding carboxylic acids is 2. The van der Waals surface area contributed by atoms with Crippen molar-refractivity contribution in [3.63, 3.8) is 0 Å². The topological polar surface area (TPSA) is 70.4 Å². The molecule has 2 rings (SSSR count). The van der Waals surface area contributed by atoms with Gasteiger partial charge in [-0.2, -0.15) is 5.10 Å². The number of aryl methyl sites for hydroxylation is 2. The van der Waals surface area contributed by atoms with E-state index in [1.165, 1.54) is 31.4 Å². The maximum Gasteiger partial charge on any atom is 0.331 e. The highest BCUT2D eigenvalue weighted by Crippen LogP contribution is 2.22. The average molecular weight is 409 g/mol. The molecule has 150 valence electrons. The van der Waals surface area contributed by atoms with Crippen LogP contribution < -0.4 is 4.74 Å². The standard InChI is InChI=1S/C20H22ClFN2O4/c1-4-5-10-24-20(21)15(13(2)23-24)7-9-19(26)28-12-17(25)14-6-8-18(27-3)16(22)11-14/h6-9,11H,4-5,10,12H2,1-3H3/b9-7+. The summed E-state index contributed by atoms with van der Waals surface area (Å²) >= 11 is 6.29. The molecule has 0 unspecified atom stereocenters. The van der Waals surface area contributed by atoms with Crippen molar-refractivity contribution in [2.24, 2.45) is 0 Å². The van der Waals surface area contributed by atoms with Gasteiger partial charge in [0.25, 0.3) is 0 Å². The molecule has 28 heavy (non-hydrogen) atoms. The molecule has 0 bridgehead atoms. The maximum atomic E-state index is 13.7. The lowest BCUT2D eigenvalue weighted by atomic mass is 10.1. The summed E-state index contributed by atoms with van der Waals surface area (Å²) in [7, 11) is 1.33. The summed E-state index contributed by atoms with van der Waals surface area (Å²) in [6, 6.07) is 3.78. The second-order valence-electron chi connectivity index (χ2n) is 6.08. The number of rotatable bonds is 9. The number of hydrogen-bond donors (Lipinski definition) is 0. The number of aromatic nitrogens is 2. The lowest BCUT2D eigenvalue weighted by molar-refractivity contribution is -0.136. The van der Waals surface area contributed by atoms with E-state index in [0.717, 1.165) is 18.9 Å². The molecule has 0 saturated heterocycles. The van der Waals surface area contributed by atoms with Crippen LogP contribution in [0.3, 0.4) is 0 Å². The first-order valence-electron chi connectivity index (χ1n) is 8.81. The number of ketones is 1. The molecule has 0 radical (unpaired) electrons. The first kappa shape index (κ1) is 21.6. The molecule has 2 aromatic rings. The Hall–Kier alpha value is -2.67. The predicted octanol–water partition coefficient (Wildman–Crippen LogP) is 4.23. The van der Waals surface area contributed by atoms with Crippen molar-refractivity contribution >= 4 is 29.4 Å². The fraction of sp³-hybridized carbons (Fsp3) is 0.350. The lowest BCUT2D eigenvalue weighted by Gasteiger charge is -2.05. The predicted molar refractivity (Wildman–Crippen MR) is 104 cm³/mol. The Bertz CT molecular complexity index is 893. The second-order valence-corrected chi connectivity index (χ2v) is 6.44. The average Bonchev–Trinajstić information content (AvgIpc) is 2.95. The summed E-state index contributed by atoms with van der Waals surface area (Å²) in [5, 5.41) is 4.79. The highest BCUT2D eigenvalue weighted by Gasteiger charge is 2.13. The Kier molecular flexibility index (Phi) is 7.75. The largest absolute Gasteiger partial charge is 0.494 e. The number of hydrogen-bond acceptors (Lipinski definition) is 5. The third kappa shape index (κ3) is 5.42. The van der Waals surface area contributed by atoms with Crippen molar-refractivity contribution in [1.82, 2.24) is 9.78 Å². The van der Waals surface area contributed by atoms with E-state index in [-0.39, 0.29) is 11.3 Å². The number of ether oxygens (including phenoxy) is 2. The number of esters is 1. The normalized spacial score (nSPS) is 11.0. The molecule has 0 aliphatic heterocycles. The molecule has 0 fully saturated rings. The number of nitrogens with zero attached hydrogens (tertiary/aromatic N) is 2. The summed E-state index contributed by atoms with van der Waals surface area (Å²) in [5.41, 5.74) is 1.40. The van der Waals surface area contributed by atoms with E-state index in [2.05, 4.69) is 12.0 Å². The van der Waals surface area contributed by atoms with Gasteiger partial charge in [-0.05, 0) is 37.6 Å². The zero-order valence-electron chi connectivity index (χ0n) is 16.0. The zero-order valence-corrected chi connectivity index (χ0v) is 16.8. The van der Waals surface area contributed by atoms with Gasteiger partial charge < -0.3 is 9.47 Å². The Labute approximate surface area is 167 Å². The number of carbonyl (C=O) groups is 2. The van der Waals surface area contributed by atoms with E-state index in [4.69, 9.17) is 21.1 Å². The molecule has 1 heterocycles. The van der Waals surface area contributed by atoms with Crippen molar-refractivity contribution in [3.8, 4) is 5.75 Å². The number of benzene rings is 1. The second kappa shape index (κ2) is 10.0. The van der Waals surface area contributed by atoms with Crippen LogP contribution in [-0.2, 0) is 16.1 Å². The molecule has 0 saturated carbocycles. The van der Waals surface area contributed by atoms with E-state index in [1.807, 2.05) is 0 Å². The van der Waals surface area contributed by atoms with Gasteiger partial charge in [0.15, 0.2) is 24.0 Å². The van der Waals surface area contributed by atoms with Gasteiger partial charge in [0.05, 0.1) is 12.8 Å². The number of methoxy groups -OCH3 is 1. The van der Waals surface area contributed by atoms with Crippen LogP contribution >= 0.6 is 11.6 Å². The Morgan fingerprint density at radius 3 is 2.75 bits per heavy atom. The van der Waals surface area contributed by atoms with Crippen molar-refractivity contribution in [1.29, 1.82) is 0 Å². The summed E-state index contributed by atoms with van der Waals surface area (Å²) in [5.74, 6) is -1.86. The van der Waals surface area contributed by atoms with Crippen LogP contribution in [0.1, 0.15) is 41.4 Å². The molecule has 0 N–H and O–H groups in total. The minimum Gasteiger partial charge on any atom is -0.494 e. The molecule has 1 aromatic carbocycles. The third-order valence-electron chi connectivity index (χ3n) is 4.04. The summed E-state index contributed by atoms with van der Waals surface area (Å²) in [4.78, 5) is 23.9. The number of unbranched alkanes of at least 4 members (excludes halogenated alkanes) is 1. The molecule has 0 atom stereocenters. The van der Waals surface area contributed by atoms with Crippen LogP contribution in [0.2, 0.25) is 5.15 Å². The Morgan fingerprint density at radius 1 is 1.36 bits per heavy atom. The van der Waals surface area contributed by atoms with Crippen LogP contribution in [-0.4, -0.2) is 35.2 Å². The molecule has 0 spiro atoms. The van der Waals surface area contributed by atoms with Crippen molar-refractivity contribution in [3.05, 3.63) is 52.1 Å². The Balaban J connectivity index is 1.96. The van der Waals surface area contributed by atoms with Gasteiger partial charge in [-0.3, -0.25) is 9.48 Å². The molecule has 6 nitrogen and oxygen atoms in total. The minimum absolute atomic E-state index is 0.0307. The Morgan fingerprint density at radius 2 is 2.11 bits per heavy atom. The van der Waals surface area contributed by atoms with Crippen molar-refractivity contribution in [2.45, 2.75) is 33.2 Å². The minimum atomic E-state index is -0.709. The molecule has 1 aromatic heterocycles. The fourth-order valence-electron chi connectivity index (χ4n) is 2.47. The molecule has 0 aliphatic rings. The van der Waals surface area contributed by atoms with Crippen LogP contribution in [0.15, 0.2) is 24.3 Å². The van der Waals surface area contributed by atoms with Gasteiger partial charge in [0.2, 0.25) is 0 Å². The van der Waals surface area contributed by atoms with E-state index in [9.17, 15) is 14.0 Å². The van der Waals surface area contributed by atoms with E-state index >= 15 is 0 Å². The van der Waals surface area contributed by atoms with Gasteiger partial charge in [0.1, 0.15) is 5.15 Å². The monoisotopic (exact) mass is 408 g/mol. The first-order valence-corrected chi connectivity index (χ1v) is 9.19. The molecular weight excluding hydrogens is 387 g/mol. The highest BCUT2D eigenvalue weighted by molar-refractivity contribution is 6.31. The van der Waals surface area contributed by atoms with Gasteiger partial charge in [-0.25, -0.2) is 9.18 Å². The summed E-state index contributed by atoms with van der Waals surface area (Å²) in [6.07, 6.45) is 4.65. The highest BCUT2D eigenvalue weighted by atomic mass is 35.5. The first-order chi connectivity index (χ1) is 13.4. The zero-order chi connectivity index (χ0) is 20.7. The lowest BCUT2D eigenvalue weighted by Crippen LogP contribution is -2.12. The van der Waals surface area contributed by atoms with Crippen molar-refractivity contribution < 1.29 is 23.5 Å². The molecule has 0 aliphatic carbocycles. The number of Topliss-reactive ketones (excluding diaryl/α,β-unsaturated/α-hetero) is 1. The van der Waals surface area contributed by atoms with E-state index < -0.39 is 24.2 Å². The maximum absolute atomic E-state index is 13.7. The third-order valence-corrected chi connectivity index (χ3v) is 4.44. The fourth-order valence-corrected chi connectivity index (χ4v) is 2.79. The van der Waals surface area contributed by atoms with Gasteiger partial charge >= 0.3 is 5.97 Å². The van der Waals surface area contributed by atoms with Crippen LogP contribution in [0.4, 0.5) is 4.39 Å². The quantitative estimate of drug-likeness (QED) is 0.352.